The number of amides is 1. The van der Waals surface area contributed by atoms with Crippen LogP contribution in [0, 0.1) is 23.5 Å². The number of carbonyl (C=O) groups is 1. The van der Waals surface area contributed by atoms with Gasteiger partial charge < -0.3 is 10.0 Å². The minimum atomic E-state index is -0.443. The van der Waals surface area contributed by atoms with Gasteiger partial charge in [-0.1, -0.05) is 24.3 Å². The molecule has 2 unspecified atom stereocenters. The van der Waals surface area contributed by atoms with E-state index >= 15 is 0 Å². The van der Waals surface area contributed by atoms with Crippen LogP contribution in [0.3, 0.4) is 0 Å². The maximum atomic E-state index is 13.5. The third kappa shape index (κ3) is 2.66. The summed E-state index contributed by atoms with van der Waals surface area (Å²) in [6.45, 7) is 0. The zero-order chi connectivity index (χ0) is 22.1. The van der Waals surface area contributed by atoms with Crippen molar-refractivity contribution in [1.82, 2.24) is 0 Å². The van der Waals surface area contributed by atoms with Crippen LogP contribution in [0.25, 0.3) is 0 Å². The van der Waals surface area contributed by atoms with E-state index in [1.165, 1.54) is 24.3 Å². The van der Waals surface area contributed by atoms with E-state index in [4.69, 9.17) is 0 Å². The maximum absolute atomic E-state index is 13.5. The Hall–Kier alpha value is -3.21. The quantitative estimate of drug-likeness (QED) is 0.613. The van der Waals surface area contributed by atoms with Gasteiger partial charge in [0.15, 0.2) is 0 Å². The summed E-state index contributed by atoms with van der Waals surface area (Å²) >= 11 is 0. The van der Waals surface area contributed by atoms with Crippen LogP contribution in [0.1, 0.15) is 31.2 Å². The SMILES string of the molecule is O=C1[C@H](CCC2(c3ccc(F)cc3)CC2)C2(C3=CC=C(O)C=CC32)N1c1ccc(F)cc1. The summed E-state index contributed by atoms with van der Waals surface area (Å²) in [5.41, 5.74) is 2.54. The number of fused-ring (bicyclic) bond motifs is 3. The second-order valence-electron chi connectivity index (χ2n) is 9.40. The van der Waals surface area contributed by atoms with E-state index in [0.717, 1.165) is 36.8 Å². The molecular formula is C27H23F2NO2. The van der Waals surface area contributed by atoms with E-state index < -0.39 is 5.54 Å². The number of aliphatic hydroxyl groups excluding tert-OH is 1. The van der Waals surface area contributed by atoms with Gasteiger partial charge in [0, 0.05) is 11.6 Å². The molecule has 1 heterocycles. The van der Waals surface area contributed by atoms with Crippen molar-refractivity contribution >= 4 is 11.6 Å². The maximum Gasteiger partial charge on any atom is 0.233 e. The molecule has 32 heavy (non-hydrogen) atoms. The fourth-order valence-electron chi connectivity index (χ4n) is 5.93. The molecule has 1 amide bonds. The summed E-state index contributed by atoms with van der Waals surface area (Å²) in [6.07, 6.45) is 11.0. The fraction of sp³-hybridized carbons (Fsp3) is 0.296. The van der Waals surface area contributed by atoms with Gasteiger partial charge >= 0.3 is 0 Å². The molecule has 3 aliphatic carbocycles. The first-order valence-corrected chi connectivity index (χ1v) is 11.1. The number of carbonyl (C=O) groups excluding carboxylic acids is 1. The van der Waals surface area contributed by atoms with Crippen LogP contribution in [-0.4, -0.2) is 16.6 Å². The Morgan fingerprint density at radius 1 is 0.969 bits per heavy atom. The van der Waals surface area contributed by atoms with Crippen LogP contribution in [-0.2, 0) is 10.2 Å². The third-order valence-electron chi connectivity index (χ3n) is 7.81. The first-order chi connectivity index (χ1) is 15.5. The normalized spacial score (nSPS) is 29.1. The van der Waals surface area contributed by atoms with Crippen molar-refractivity contribution in [2.24, 2.45) is 11.8 Å². The lowest BCUT2D eigenvalue weighted by Gasteiger charge is -2.49. The molecule has 1 spiro atoms. The van der Waals surface area contributed by atoms with E-state index in [9.17, 15) is 18.7 Å². The van der Waals surface area contributed by atoms with Gasteiger partial charge in [0.1, 0.15) is 17.4 Å². The first-order valence-electron chi connectivity index (χ1n) is 11.1. The number of nitrogens with zero attached hydrogens (tertiary/aromatic N) is 1. The number of aliphatic hydroxyl groups is 1. The summed E-state index contributed by atoms with van der Waals surface area (Å²) in [4.78, 5) is 15.2. The molecule has 3 fully saturated rings. The number of anilines is 1. The van der Waals surface area contributed by atoms with Gasteiger partial charge in [-0.3, -0.25) is 4.79 Å². The molecule has 0 radical (unpaired) electrons. The van der Waals surface area contributed by atoms with Crippen molar-refractivity contribution in [2.75, 3.05) is 4.90 Å². The number of hydrogen-bond acceptors (Lipinski definition) is 2. The van der Waals surface area contributed by atoms with Crippen molar-refractivity contribution in [3.8, 4) is 0 Å². The molecule has 2 saturated carbocycles. The molecule has 2 aromatic rings. The fourth-order valence-corrected chi connectivity index (χ4v) is 5.93. The molecule has 162 valence electrons. The van der Waals surface area contributed by atoms with E-state index in [1.807, 2.05) is 29.2 Å². The Balaban J connectivity index is 1.31. The molecule has 0 aromatic heterocycles. The van der Waals surface area contributed by atoms with E-state index in [0.29, 0.717) is 5.69 Å². The van der Waals surface area contributed by atoms with Gasteiger partial charge in [-0.15, -0.1) is 0 Å². The molecule has 0 bridgehead atoms. The molecule has 5 heteroatoms. The van der Waals surface area contributed by atoms with Crippen LogP contribution in [0.4, 0.5) is 14.5 Å². The summed E-state index contributed by atoms with van der Waals surface area (Å²) < 4.78 is 26.9. The molecular weight excluding hydrogens is 408 g/mol. The molecule has 3 atom stereocenters. The molecule has 1 aliphatic heterocycles. The standard InChI is InChI=1S/C27H23F2NO2/c28-18-3-1-17(2-4-18)26(15-16-26)14-13-24-25(32)30(20-7-5-19(29)6-8-20)27(24)22-11-9-21(31)10-12-23(22)27/h1-12,22,24,31H,13-16H2/t22?,24-,27?/m0/s1. The predicted octanol–water partition coefficient (Wildman–Crippen LogP) is 5.75. The van der Waals surface area contributed by atoms with E-state index in [1.54, 1.807) is 24.3 Å². The van der Waals surface area contributed by atoms with Gasteiger partial charge in [0.2, 0.25) is 5.91 Å². The number of benzene rings is 2. The average Bonchev–Trinajstić information content (AvgIpc) is 3.69. The highest BCUT2D eigenvalue weighted by molar-refractivity contribution is 6.09. The van der Waals surface area contributed by atoms with Gasteiger partial charge in [-0.05, 0) is 90.8 Å². The number of hydrogen-bond donors (Lipinski definition) is 1. The molecule has 4 aliphatic rings. The zero-order valence-corrected chi connectivity index (χ0v) is 17.5. The van der Waals surface area contributed by atoms with Crippen molar-refractivity contribution in [2.45, 2.75) is 36.6 Å². The van der Waals surface area contributed by atoms with Crippen molar-refractivity contribution in [3.05, 3.63) is 101 Å². The monoisotopic (exact) mass is 431 g/mol. The highest BCUT2D eigenvalue weighted by atomic mass is 19.1. The minimum absolute atomic E-state index is 0.0325. The number of allylic oxidation sites excluding steroid dienone is 3. The summed E-state index contributed by atoms with van der Waals surface area (Å²) in [7, 11) is 0. The van der Waals surface area contributed by atoms with Crippen LogP contribution < -0.4 is 4.90 Å². The molecule has 2 aromatic carbocycles. The minimum Gasteiger partial charge on any atom is -0.508 e. The highest BCUT2D eigenvalue weighted by Crippen LogP contribution is 2.68. The molecule has 3 nitrogen and oxygen atoms in total. The van der Waals surface area contributed by atoms with Gasteiger partial charge in [0.05, 0.1) is 11.5 Å². The van der Waals surface area contributed by atoms with Gasteiger partial charge in [-0.25, -0.2) is 8.78 Å². The Bertz CT molecular complexity index is 1190. The topological polar surface area (TPSA) is 40.5 Å². The van der Waals surface area contributed by atoms with Crippen molar-refractivity contribution < 1.29 is 18.7 Å². The Kier molecular flexibility index (Phi) is 4.04. The van der Waals surface area contributed by atoms with Crippen LogP contribution in [0.2, 0.25) is 0 Å². The number of halogens is 2. The largest absolute Gasteiger partial charge is 0.508 e. The summed E-state index contributed by atoms with van der Waals surface area (Å²) in [6, 6.07) is 12.8. The highest BCUT2D eigenvalue weighted by Gasteiger charge is 2.76. The predicted molar refractivity (Wildman–Crippen MR) is 118 cm³/mol. The Morgan fingerprint density at radius 2 is 1.62 bits per heavy atom. The van der Waals surface area contributed by atoms with Crippen LogP contribution >= 0.6 is 0 Å². The Labute approximate surface area is 185 Å². The third-order valence-corrected chi connectivity index (χ3v) is 7.81. The number of β-lactam (4-membered cyclic amide) rings is 1. The lowest BCUT2D eigenvalue weighted by Crippen LogP contribution is -2.65. The lowest BCUT2D eigenvalue weighted by molar-refractivity contribution is -0.131. The molecule has 1 N–H and O–H groups in total. The van der Waals surface area contributed by atoms with Crippen molar-refractivity contribution in [3.63, 3.8) is 0 Å². The summed E-state index contributed by atoms with van der Waals surface area (Å²) in [5, 5.41) is 9.86. The van der Waals surface area contributed by atoms with E-state index in [-0.39, 0.29) is 40.6 Å². The second-order valence-corrected chi connectivity index (χ2v) is 9.40. The summed E-state index contributed by atoms with van der Waals surface area (Å²) in [5.74, 6) is -0.442. The zero-order valence-electron chi connectivity index (χ0n) is 17.5. The lowest BCUT2D eigenvalue weighted by atomic mass is 9.75. The van der Waals surface area contributed by atoms with Crippen molar-refractivity contribution in [1.29, 1.82) is 0 Å². The first kappa shape index (κ1) is 19.5. The average molecular weight is 431 g/mol. The molecule has 6 rings (SSSR count). The molecule has 1 saturated heterocycles. The van der Waals surface area contributed by atoms with Gasteiger partial charge in [0.25, 0.3) is 0 Å². The van der Waals surface area contributed by atoms with Crippen LogP contribution in [0.15, 0.2) is 84.2 Å². The number of rotatable bonds is 5. The smallest absolute Gasteiger partial charge is 0.233 e. The van der Waals surface area contributed by atoms with E-state index in [2.05, 4.69) is 0 Å². The Morgan fingerprint density at radius 3 is 2.28 bits per heavy atom. The van der Waals surface area contributed by atoms with Crippen LogP contribution in [0.5, 0.6) is 0 Å². The second kappa shape index (κ2) is 6.64. The van der Waals surface area contributed by atoms with Gasteiger partial charge in [-0.2, -0.15) is 0 Å².